The van der Waals surface area contributed by atoms with E-state index in [1.807, 2.05) is 0 Å². The van der Waals surface area contributed by atoms with Crippen molar-refractivity contribution < 1.29 is 9.47 Å². The Bertz CT molecular complexity index is 310. The number of rotatable bonds is 3. The molecule has 1 fully saturated rings. The maximum Gasteiger partial charge on any atom is 0.121 e. The molecule has 2 nitrogen and oxygen atoms in total. The number of hydrogen-bond donors (Lipinski definition) is 0. The molecule has 2 rings (SSSR count). The molecule has 1 heterocycles. The molecule has 1 aliphatic heterocycles. The molecule has 0 unspecified atom stereocenters. The topological polar surface area (TPSA) is 21.8 Å². The molecule has 0 radical (unpaired) electrons. The number of epoxide rings is 1. The highest BCUT2D eigenvalue weighted by Crippen LogP contribution is 2.26. The van der Waals surface area contributed by atoms with E-state index in [0.717, 1.165) is 12.4 Å². The van der Waals surface area contributed by atoms with Gasteiger partial charge in [-0.25, -0.2) is 0 Å². The average molecular weight is 219 g/mol. The van der Waals surface area contributed by atoms with Crippen molar-refractivity contribution in [2.45, 2.75) is 6.10 Å². The molecular formula is C9H8Cl2O2. The van der Waals surface area contributed by atoms with Gasteiger partial charge in [0.05, 0.1) is 16.7 Å². The second-order valence-corrected chi connectivity index (χ2v) is 3.66. The lowest BCUT2D eigenvalue weighted by Crippen LogP contribution is -2.03. The lowest BCUT2D eigenvalue weighted by Gasteiger charge is -2.04. The van der Waals surface area contributed by atoms with Crippen LogP contribution in [0, 0.1) is 0 Å². The Kier molecular flexibility index (Phi) is 2.63. The van der Waals surface area contributed by atoms with Crippen molar-refractivity contribution in [2.75, 3.05) is 13.2 Å². The fourth-order valence-electron chi connectivity index (χ4n) is 0.920. The van der Waals surface area contributed by atoms with Gasteiger partial charge in [-0.05, 0) is 12.1 Å². The van der Waals surface area contributed by atoms with E-state index in [9.17, 15) is 0 Å². The van der Waals surface area contributed by atoms with Crippen molar-refractivity contribution in [1.29, 1.82) is 0 Å². The van der Waals surface area contributed by atoms with Crippen LogP contribution in [0.1, 0.15) is 0 Å². The van der Waals surface area contributed by atoms with Gasteiger partial charge in [-0.3, -0.25) is 0 Å². The Labute approximate surface area is 86.4 Å². The number of hydrogen-bond acceptors (Lipinski definition) is 2. The van der Waals surface area contributed by atoms with Crippen molar-refractivity contribution in [3.05, 3.63) is 28.2 Å². The molecule has 1 aromatic rings. The molecule has 0 spiro atoms. The standard InChI is InChI=1S/C9H8Cl2O2/c10-8-2-1-6(3-9(8)11)12-4-7-5-13-7/h1-3,7H,4-5H2/t7-/m1/s1. The third-order valence-corrected chi connectivity index (χ3v) is 2.47. The average Bonchev–Trinajstić information content (AvgIpc) is 2.91. The maximum atomic E-state index is 5.80. The zero-order valence-corrected chi connectivity index (χ0v) is 8.31. The fourth-order valence-corrected chi connectivity index (χ4v) is 1.21. The van der Waals surface area contributed by atoms with E-state index in [2.05, 4.69) is 0 Å². The molecule has 70 valence electrons. The Balaban J connectivity index is 1.98. The zero-order valence-electron chi connectivity index (χ0n) is 6.80. The first-order chi connectivity index (χ1) is 6.25. The molecule has 13 heavy (non-hydrogen) atoms. The van der Waals surface area contributed by atoms with Gasteiger partial charge in [-0.1, -0.05) is 23.2 Å². The van der Waals surface area contributed by atoms with E-state index in [0.29, 0.717) is 16.7 Å². The van der Waals surface area contributed by atoms with Gasteiger partial charge < -0.3 is 9.47 Å². The lowest BCUT2D eigenvalue weighted by molar-refractivity contribution is 0.263. The van der Waals surface area contributed by atoms with Gasteiger partial charge in [-0.2, -0.15) is 0 Å². The van der Waals surface area contributed by atoms with Gasteiger partial charge in [0.25, 0.3) is 0 Å². The largest absolute Gasteiger partial charge is 0.491 e. The summed E-state index contributed by atoms with van der Waals surface area (Å²) in [4.78, 5) is 0. The van der Waals surface area contributed by atoms with E-state index in [4.69, 9.17) is 32.7 Å². The Hall–Kier alpha value is -0.440. The van der Waals surface area contributed by atoms with Crippen molar-refractivity contribution in [1.82, 2.24) is 0 Å². The minimum atomic E-state index is 0.259. The minimum Gasteiger partial charge on any atom is -0.491 e. The molecule has 0 saturated carbocycles. The van der Waals surface area contributed by atoms with Gasteiger partial charge >= 0.3 is 0 Å². The number of benzene rings is 1. The highest BCUT2D eigenvalue weighted by atomic mass is 35.5. The van der Waals surface area contributed by atoms with E-state index >= 15 is 0 Å². The molecule has 0 N–H and O–H groups in total. The van der Waals surface area contributed by atoms with Crippen LogP contribution in [0.5, 0.6) is 5.75 Å². The second kappa shape index (κ2) is 3.74. The molecule has 0 bridgehead atoms. The van der Waals surface area contributed by atoms with Crippen LogP contribution >= 0.6 is 23.2 Å². The van der Waals surface area contributed by atoms with Crippen LogP contribution in [-0.2, 0) is 4.74 Å². The summed E-state index contributed by atoms with van der Waals surface area (Å²) < 4.78 is 10.4. The molecule has 1 saturated heterocycles. The number of halogens is 2. The van der Waals surface area contributed by atoms with Crippen LogP contribution in [-0.4, -0.2) is 19.3 Å². The highest BCUT2D eigenvalue weighted by molar-refractivity contribution is 6.42. The number of ether oxygens (including phenoxy) is 2. The van der Waals surface area contributed by atoms with Gasteiger partial charge in [0.2, 0.25) is 0 Å². The Morgan fingerprint density at radius 1 is 1.38 bits per heavy atom. The summed E-state index contributed by atoms with van der Waals surface area (Å²) in [6, 6.07) is 5.20. The molecule has 0 aliphatic carbocycles. The fraction of sp³-hybridized carbons (Fsp3) is 0.333. The van der Waals surface area contributed by atoms with Crippen molar-refractivity contribution in [2.24, 2.45) is 0 Å². The first kappa shape index (κ1) is 9.13. The molecule has 0 amide bonds. The quantitative estimate of drug-likeness (QED) is 0.729. The van der Waals surface area contributed by atoms with Crippen LogP contribution in [0.3, 0.4) is 0 Å². The van der Waals surface area contributed by atoms with Crippen molar-refractivity contribution >= 4 is 23.2 Å². The summed E-state index contributed by atoms with van der Waals surface area (Å²) in [5, 5.41) is 1.05. The van der Waals surface area contributed by atoms with Crippen LogP contribution in [0.25, 0.3) is 0 Å². The second-order valence-electron chi connectivity index (χ2n) is 2.84. The Morgan fingerprint density at radius 2 is 2.15 bits per heavy atom. The summed E-state index contributed by atoms with van der Waals surface area (Å²) in [6.07, 6.45) is 0.259. The van der Waals surface area contributed by atoms with Crippen LogP contribution < -0.4 is 4.74 Å². The van der Waals surface area contributed by atoms with E-state index < -0.39 is 0 Å². The maximum absolute atomic E-state index is 5.80. The predicted molar refractivity (Wildman–Crippen MR) is 51.7 cm³/mol. The minimum absolute atomic E-state index is 0.259. The molecule has 1 aromatic carbocycles. The highest BCUT2D eigenvalue weighted by Gasteiger charge is 2.23. The van der Waals surface area contributed by atoms with Crippen LogP contribution in [0.4, 0.5) is 0 Å². The van der Waals surface area contributed by atoms with Crippen molar-refractivity contribution in [3.8, 4) is 5.75 Å². The smallest absolute Gasteiger partial charge is 0.121 e. The lowest BCUT2D eigenvalue weighted by atomic mass is 10.3. The first-order valence-electron chi connectivity index (χ1n) is 3.95. The third kappa shape index (κ3) is 2.50. The van der Waals surface area contributed by atoms with E-state index in [-0.39, 0.29) is 6.10 Å². The Morgan fingerprint density at radius 3 is 2.77 bits per heavy atom. The summed E-state index contributed by atoms with van der Waals surface area (Å²) in [5.74, 6) is 0.727. The molecule has 1 aliphatic rings. The normalized spacial score (nSPS) is 20.0. The molecule has 1 atom stereocenters. The van der Waals surface area contributed by atoms with Gasteiger partial charge in [0, 0.05) is 6.07 Å². The monoisotopic (exact) mass is 218 g/mol. The van der Waals surface area contributed by atoms with Crippen LogP contribution in [0.2, 0.25) is 10.0 Å². The summed E-state index contributed by atoms with van der Waals surface area (Å²) in [6.45, 7) is 1.37. The SMILES string of the molecule is Clc1ccc(OC[C@@H]2CO2)cc1Cl. The molecular weight excluding hydrogens is 211 g/mol. The van der Waals surface area contributed by atoms with Gasteiger partial charge in [0.15, 0.2) is 0 Å². The summed E-state index contributed by atoms with van der Waals surface area (Å²) in [5.41, 5.74) is 0. The van der Waals surface area contributed by atoms with Crippen LogP contribution in [0.15, 0.2) is 18.2 Å². The van der Waals surface area contributed by atoms with E-state index in [1.165, 1.54) is 0 Å². The summed E-state index contributed by atoms with van der Waals surface area (Å²) in [7, 11) is 0. The third-order valence-electron chi connectivity index (χ3n) is 1.73. The predicted octanol–water partition coefficient (Wildman–Crippen LogP) is 2.77. The van der Waals surface area contributed by atoms with E-state index in [1.54, 1.807) is 18.2 Å². The summed E-state index contributed by atoms with van der Waals surface area (Å²) >= 11 is 11.5. The zero-order chi connectivity index (χ0) is 9.26. The van der Waals surface area contributed by atoms with Gasteiger partial charge in [0.1, 0.15) is 18.5 Å². The van der Waals surface area contributed by atoms with Crippen molar-refractivity contribution in [3.63, 3.8) is 0 Å². The molecule has 0 aromatic heterocycles. The molecule has 4 heteroatoms. The first-order valence-corrected chi connectivity index (χ1v) is 4.71. The van der Waals surface area contributed by atoms with Gasteiger partial charge in [-0.15, -0.1) is 0 Å².